The topological polar surface area (TPSA) is 197 Å². The Balaban J connectivity index is 0.000000995. The number of ether oxygens (including phenoxy) is 1. The van der Waals surface area contributed by atoms with Crippen molar-refractivity contribution < 1.29 is 72.8 Å². The highest BCUT2D eigenvalue weighted by Gasteiger charge is 2.43. The maximum Gasteiger partial charge on any atom is 0.490 e. The lowest BCUT2D eigenvalue weighted by atomic mass is 9.82. The lowest BCUT2D eigenvalue weighted by molar-refractivity contribution is -0.689. The van der Waals surface area contributed by atoms with Crippen molar-refractivity contribution in [2.24, 2.45) is 5.73 Å². The maximum atomic E-state index is 15.3. The molecule has 13 nitrogen and oxygen atoms in total. The third-order valence-corrected chi connectivity index (χ3v) is 9.34. The summed E-state index contributed by atoms with van der Waals surface area (Å²) in [7, 11) is 0. The second-order valence-electron chi connectivity index (χ2n) is 12.5. The van der Waals surface area contributed by atoms with Crippen LogP contribution in [0.2, 0.25) is 0 Å². The second kappa shape index (κ2) is 19.5. The van der Waals surface area contributed by atoms with Crippen LogP contribution in [0.1, 0.15) is 45.7 Å². The van der Waals surface area contributed by atoms with Gasteiger partial charge in [-0.1, -0.05) is 25.1 Å². The van der Waals surface area contributed by atoms with Gasteiger partial charge in [-0.05, 0) is 60.9 Å². The summed E-state index contributed by atoms with van der Waals surface area (Å²) in [5.41, 5.74) is 7.50. The number of esters is 1. The highest BCUT2D eigenvalue weighted by molar-refractivity contribution is 7.10. The van der Waals surface area contributed by atoms with E-state index >= 15 is 4.39 Å². The Labute approximate surface area is 336 Å². The molecule has 2 heterocycles. The number of carboxylic acids is 1. The first-order valence-electron chi connectivity index (χ1n) is 16.5. The number of carbonyl (C=O) groups excluding carboxylic acids is 2. The number of thiazole rings is 1. The monoisotopic (exact) mass is 879 g/mol. The number of hydrogen-bond donors (Lipinski definition) is 4. The zero-order valence-corrected chi connectivity index (χ0v) is 32.8. The summed E-state index contributed by atoms with van der Waals surface area (Å²) in [5, 5.41) is 37.7. The van der Waals surface area contributed by atoms with E-state index in [2.05, 4.69) is 16.5 Å². The molecule has 5 N–H and O–H groups in total. The van der Waals surface area contributed by atoms with E-state index < -0.39 is 47.2 Å². The molecule has 0 fully saturated rings. The van der Waals surface area contributed by atoms with Gasteiger partial charge in [0.1, 0.15) is 36.1 Å². The van der Waals surface area contributed by atoms with Gasteiger partial charge in [0.25, 0.3) is 6.33 Å². The third kappa shape index (κ3) is 11.9. The molecule has 0 radical (unpaired) electrons. The number of halogens is 6. The fraction of sp³-hybridized carbons (Fsp3) is 0.270. The molecule has 302 valence electrons. The van der Waals surface area contributed by atoms with Crippen LogP contribution in [-0.4, -0.2) is 62.1 Å². The Bertz CT molecular complexity index is 2240. The number of carbonyl (C=O) groups is 3. The number of nitrogens with zero attached hydrogens (tertiary/aromatic N) is 5. The van der Waals surface area contributed by atoms with E-state index in [1.807, 2.05) is 17.5 Å². The first-order chi connectivity index (χ1) is 26.3. The molecule has 0 saturated heterocycles. The molecule has 0 unspecified atom stereocenters. The number of rotatable bonds is 12. The summed E-state index contributed by atoms with van der Waals surface area (Å²) in [6, 6.07) is 15.8. The number of nitrogens with two attached hydrogens (primary N) is 1. The summed E-state index contributed by atoms with van der Waals surface area (Å²) in [6.07, 6.45) is -1.85. The van der Waals surface area contributed by atoms with Gasteiger partial charge in [0, 0.05) is 33.6 Å². The maximum absolute atomic E-state index is 15.3. The molecule has 5 aromatic rings. The first kappa shape index (κ1) is 45.8. The molecule has 0 spiro atoms. The van der Waals surface area contributed by atoms with Crippen LogP contribution >= 0.6 is 11.3 Å². The summed E-state index contributed by atoms with van der Waals surface area (Å²) in [4.78, 5) is 37.2. The highest BCUT2D eigenvalue weighted by Crippen LogP contribution is 2.41. The van der Waals surface area contributed by atoms with E-state index in [0.717, 1.165) is 23.3 Å². The van der Waals surface area contributed by atoms with Gasteiger partial charge >= 0.3 is 18.1 Å². The molecule has 3 aromatic carbocycles. The van der Waals surface area contributed by atoms with Crippen molar-refractivity contribution in [1.29, 1.82) is 5.26 Å². The minimum absolute atomic E-state index is 0. The SMILES string of the molecule is Cc1cc(C[n+]2cnn(C[C@](O)(c3ccc(F)cc3F)[C@@H](C)c3nc(-c4ccc(C#N)cc4)cs3)c2)cc(C)c1OC(=O)CNC(=O)CN.O=C(O)C(F)(F)F.[Br-]. The molecular formula is C37H35BrF5N7O6S. The van der Waals surface area contributed by atoms with Crippen molar-refractivity contribution in [3.63, 3.8) is 0 Å². The van der Waals surface area contributed by atoms with Crippen LogP contribution in [0, 0.1) is 36.8 Å². The number of aliphatic carboxylic acids is 1. The number of aryl methyl sites for hydroxylation is 2. The number of amides is 1. The molecule has 0 saturated carbocycles. The van der Waals surface area contributed by atoms with Crippen molar-refractivity contribution in [1.82, 2.24) is 20.1 Å². The van der Waals surface area contributed by atoms with E-state index in [-0.39, 0.29) is 42.2 Å². The lowest BCUT2D eigenvalue weighted by Gasteiger charge is -2.32. The zero-order chi connectivity index (χ0) is 41.4. The Hall–Kier alpha value is -5.62. The number of hydrogen-bond acceptors (Lipinski definition) is 10. The van der Waals surface area contributed by atoms with E-state index in [9.17, 15) is 32.3 Å². The predicted molar refractivity (Wildman–Crippen MR) is 190 cm³/mol. The fourth-order valence-electron chi connectivity index (χ4n) is 5.50. The fourth-order valence-corrected chi connectivity index (χ4v) is 6.48. The number of nitrogens with one attached hydrogen (secondary N) is 1. The number of nitriles is 1. The normalized spacial score (nSPS) is 12.5. The summed E-state index contributed by atoms with van der Waals surface area (Å²) >= 11 is 1.30. The first-order valence-corrected chi connectivity index (χ1v) is 17.4. The van der Waals surface area contributed by atoms with Crippen LogP contribution in [0.15, 0.2) is 72.6 Å². The van der Waals surface area contributed by atoms with Gasteiger partial charge in [0.15, 0.2) is 0 Å². The molecule has 20 heteroatoms. The van der Waals surface area contributed by atoms with E-state index in [0.29, 0.717) is 39.7 Å². The lowest BCUT2D eigenvalue weighted by Crippen LogP contribution is -3.00. The van der Waals surface area contributed by atoms with E-state index in [4.69, 9.17) is 30.6 Å². The van der Waals surface area contributed by atoms with Gasteiger partial charge in [-0.2, -0.15) is 18.4 Å². The minimum atomic E-state index is -5.08. The number of alkyl halides is 3. The molecule has 2 aromatic heterocycles. The molecule has 1 amide bonds. The van der Waals surface area contributed by atoms with Crippen LogP contribution < -0.4 is 37.3 Å². The van der Waals surface area contributed by atoms with Crippen LogP contribution in [0.5, 0.6) is 5.75 Å². The van der Waals surface area contributed by atoms with Crippen LogP contribution in [0.25, 0.3) is 11.3 Å². The molecule has 0 aliphatic heterocycles. The summed E-state index contributed by atoms with van der Waals surface area (Å²) in [6.45, 7) is 4.99. The standard InChI is InChI=1S/C35H33F2N7O4S.C2HF3O2.BrH/c1-21-10-25(11-22(2)33(21)48-32(46)15-40-31(45)14-39)16-43-19-41-44(20-43)18-35(47,28-9-8-27(36)12-29(28)37)23(3)34-42-30(17-49-34)26-6-4-24(13-38)5-7-26;3-2(4,5)1(6)7;/h4-12,17,19-20,23,47H,14-16,18,39H2,1-3H3;(H,6,7);1H/t23-,35+;;/m0../s1. The quantitative estimate of drug-likeness (QED) is 0.0616. The van der Waals surface area contributed by atoms with Crippen molar-refractivity contribution in [3.8, 4) is 23.1 Å². The average Bonchev–Trinajstić information content (AvgIpc) is 3.81. The summed E-state index contributed by atoms with van der Waals surface area (Å²) in [5.74, 6) is -5.87. The van der Waals surface area contributed by atoms with Crippen LogP contribution in [-0.2, 0) is 33.1 Å². The number of carboxylic acid groups (broad SMARTS) is 1. The van der Waals surface area contributed by atoms with Crippen molar-refractivity contribution in [2.75, 3.05) is 13.1 Å². The highest BCUT2D eigenvalue weighted by atomic mass is 79.9. The Morgan fingerprint density at radius 2 is 1.72 bits per heavy atom. The van der Waals surface area contributed by atoms with Crippen molar-refractivity contribution in [3.05, 3.63) is 117 Å². The Morgan fingerprint density at radius 1 is 1.09 bits per heavy atom. The Morgan fingerprint density at radius 3 is 2.28 bits per heavy atom. The van der Waals surface area contributed by atoms with Crippen molar-refractivity contribution >= 4 is 29.2 Å². The molecule has 2 atom stereocenters. The molecular weight excluding hydrogens is 845 g/mol. The zero-order valence-electron chi connectivity index (χ0n) is 30.4. The van der Waals surface area contributed by atoms with Crippen molar-refractivity contribution in [2.45, 2.75) is 51.6 Å². The minimum Gasteiger partial charge on any atom is -1.00 e. The third-order valence-electron chi connectivity index (χ3n) is 8.31. The molecule has 57 heavy (non-hydrogen) atoms. The second-order valence-corrected chi connectivity index (χ2v) is 13.4. The van der Waals surface area contributed by atoms with Crippen LogP contribution in [0.4, 0.5) is 22.0 Å². The smallest absolute Gasteiger partial charge is 0.490 e. The van der Waals surface area contributed by atoms with E-state index in [1.165, 1.54) is 22.1 Å². The van der Waals surface area contributed by atoms with Crippen LogP contribution in [0.3, 0.4) is 0 Å². The molecule has 0 aliphatic carbocycles. The molecule has 5 rings (SSSR count). The summed E-state index contributed by atoms with van der Waals surface area (Å²) < 4.78 is 69.7. The predicted octanol–water partition coefficient (Wildman–Crippen LogP) is 1.42. The van der Waals surface area contributed by atoms with E-state index in [1.54, 1.807) is 62.3 Å². The van der Waals surface area contributed by atoms with Gasteiger partial charge in [0.05, 0.1) is 35.4 Å². The molecule has 0 aliphatic rings. The Kier molecular flexibility index (Phi) is 15.7. The van der Waals surface area contributed by atoms with Gasteiger partial charge in [-0.15, -0.1) is 16.0 Å². The largest absolute Gasteiger partial charge is 1.00 e. The number of aromatic nitrogens is 4. The number of benzene rings is 3. The van der Waals surface area contributed by atoms with Gasteiger partial charge in [-0.3, -0.25) is 4.79 Å². The number of aliphatic hydroxyl groups is 1. The molecule has 0 bridgehead atoms. The van der Waals surface area contributed by atoms with Gasteiger partial charge < -0.3 is 43.0 Å². The van der Waals surface area contributed by atoms with Gasteiger partial charge in [-0.25, -0.2) is 27.9 Å². The average molecular weight is 881 g/mol. The van der Waals surface area contributed by atoms with Gasteiger partial charge in [0.2, 0.25) is 12.2 Å².